The SMILES string of the molecule is CC1CCN(C(=O)N(CCO)CC(F)F)C(C(=O)O)C1. The predicted octanol–water partition coefficient (Wildman–Crippen LogP) is 0.851. The van der Waals surface area contributed by atoms with Crippen molar-refractivity contribution in [2.24, 2.45) is 5.92 Å². The third-order valence-electron chi connectivity index (χ3n) is 3.39. The van der Waals surface area contributed by atoms with E-state index < -0.39 is 37.6 Å². The maximum Gasteiger partial charge on any atom is 0.326 e. The molecule has 1 saturated heterocycles. The van der Waals surface area contributed by atoms with Crippen LogP contribution in [0.1, 0.15) is 19.8 Å². The van der Waals surface area contributed by atoms with Gasteiger partial charge in [-0.3, -0.25) is 0 Å². The molecule has 0 bridgehead atoms. The summed E-state index contributed by atoms with van der Waals surface area (Å²) in [5.74, 6) is -0.965. The Labute approximate surface area is 116 Å². The molecular formula is C12H20F2N2O4. The van der Waals surface area contributed by atoms with E-state index in [2.05, 4.69) is 0 Å². The number of likely N-dealkylation sites (tertiary alicyclic amines) is 1. The van der Waals surface area contributed by atoms with Gasteiger partial charge in [-0.2, -0.15) is 0 Å². The zero-order valence-corrected chi connectivity index (χ0v) is 11.3. The Hall–Kier alpha value is -1.44. The molecule has 1 heterocycles. The number of rotatable bonds is 5. The molecule has 0 aromatic rings. The summed E-state index contributed by atoms with van der Waals surface area (Å²) in [7, 11) is 0. The summed E-state index contributed by atoms with van der Waals surface area (Å²) in [4.78, 5) is 25.3. The van der Waals surface area contributed by atoms with Crippen LogP contribution in [0.15, 0.2) is 0 Å². The fourth-order valence-corrected chi connectivity index (χ4v) is 2.34. The lowest BCUT2D eigenvalue weighted by Crippen LogP contribution is -2.55. The van der Waals surface area contributed by atoms with Crippen LogP contribution in [0.5, 0.6) is 0 Å². The molecule has 8 heteroatoms. The average molecular weight is 294 g/mol. The van der Waals surface area contributed by atoms with Gasteiger partial charge in [-0.15, -0.1) is 0 Å². The van der Waals surface area contributed by atoms with Gasteiger partial charge < -0.3 is 20.0 Å². The van der Waals surface area contributed by atoms with Gasteiger partial charge >= 0.3 is 12.0 Å². The molecule has 0 aromatic heterocycles. The Kier molecular flexibility index (Phi) is 6.12. The number of aliphatic carboxylic acids is 1. The number of carbonyl (C=O) groups excluding carboxylic acids is 1. The number of amides is 2. The number of aliphatic hydroxyl groups is 1. The second-order valence-electron chi connectivity index (χ2n) is 5.02. The van der Waals surface area contributed by atoms with Crippen molar-refractivity contribution in [1.29, 1.82) is 0 Å². The summed E-state index contributed by atoms with van der Waals surface area (Å²) < 4.78 is 24.9. The Morgan fingerprint density at radius 1 is 1.45 bits per heavy atom. The lowest BCUT2D eigenvalue weighted by molar-refractivity contribution is -0.144. The Morgan fingerprint density at radius 2 is 2.10 bits per heavy atom. The summed E-state index contributed by atoms with van der Waals surface area (Å²) in [6.45, 7) is 0.629. The van der Waals surface area contributed by atoms with Crippen molar-refractivity contribution in [1.82, 2.24) is 9.80 Å². The quantitative estimate of drug-likeness (QED) is 0.787. The van der Waals surface area contributed by atoms with E-state index in [1.165, 1.54) is 0 Å². The molecule has 6 nitrogen and oxygen atoms in total. The molecular weight excluding hydrogens is 274 g/mol. The summed E-state index contributed by atoms with van der Waals surface area (Å²) in [5, 5.41) is 18.0. The Morgan fingerprint density at radius 3 is 2.60 bits per heavy atom. The van der Waals surface area contributed by atoms with Gasteiger partial charge in [0.1, 0.15) is 6.04 Å². The fraction of sp³-hybridized carbons (Fsp3) is 0.833. The number of halogens is 2. The highest BCUT2D eigenvalue weighted by Crippen LogP contribution is 2.24. The summed E-state index contributed by atoms with van der Waals surface area (Å²) in [6.07, 6.45) is -1.78. The van der Waals surface area contributed by atoms with Gasteiger partial charge in [-0.25, -0.2) is 18.4 Å². The fourth-order valence-electron chi connectivity index (χ4n) is 2.34. The van der Waals surface area contributed by atoms with Gasteiger partial charge in [0.15, 0.2) is 0 Å². The molecule has 0 saturated carbocycles. The van der Waals surface area contributed by atoms with Gasteiger partial charge in [0.25, 0.3) is 6.43 Å². The van der Waals surface area contributed by atoms with Crippen LogP contribution < -0.4 is 0 Å². The van der Waals surface area contributed by atoms with Gasteiger partial charge in [0.05, 0.1) is 13.2 Å². The molecule has 2 amide bonds. The van der Waals surface area contributed by atoms with Crippen LogP contribution in [-0.4, -0.2) is 70.7 Å². The number of piperidine rings is 1. The second kappa shape index (κ2) is 7.37. The molecule has 0 aliphatic carbocycles. The average Bonchev–Trinajstić information content (AvgIpc) is 2.36. The van der Waals surface area contributed by atoms with E-state index in [0.29, 0.717) is 12.8 Å². The van der Waals surface area contributed by atoms with Gasteiger partial charge in [-0.1, -0.05) is 6.92 Å². The lowest BCUT2D eigenvalue weighted by atomic mass is 9.92. The van der Waals surface area contributed by atoms with Crippen LogP contribution in [0, 0.1) is 5.92 Å². The molecule has 2 unspecified atom stereocenters. The van der Waals surface area contributed by atoms with E-state index in [1.54, 1.807) is 0 Å². The minimum Gasteiger partial charge on any atom is -0.480 e. The smallest absolute Gasteiger partial charge is 0.326 e. The highest BCUT2D eigenvalue weighted by atomic mass is 19.3. The van der Waals surface area contributed by atoms with Gasteiger partial charge in [0.2, 0.25) is 0 Å². The first-order chi connectivity index (χ1) is 9.36. The van der Waals surface area contributed by atoms with Crippen LogP contribution in [0.2, 0.25) is 0 Å². The van der Waals surface area contributed by atoms with Crippen LogP contribution in [0.4, 0.5) is 13.6 Å². The van der Waals surface area contributed by atoms with Gasteiger partial charge in [0, 0.05) is 13.1 Å². The summed E-state index contributed by atoms with van der Waals surface area (Å²) >= 11 is 0. The first-order valence-corrected chi connectivity index (χ1v) is 6.54. The Balaban J connectivity index is 2.82. The highest BCUT2D eigenvalue weighted by Gasteiger charge is 2.37. The van der Waals surface area contributed by atoms with Crippen molar-refractivity contribution in [2.75, 3.05) is 26.2 Å². The number of alkyl halides is 2. The van der Waals surface area contributed by atoms with E-state index in [-0.39, 0.29) is 19.0 Å². The molecule has 0 spiro atoms. The first-order valence-electron chi connectivity index (χ1n) is 6.54. The topological polar surface area (TPSA) is 81.1 Å². The van der Waals surface area contributed by atoms with E-state index in [4.69, 9.17) is 10.2 Å². The molecule has 1 aliphatic rings. The number of hydrogen-bond donors (Lipinski definition) is 2. The molecule has 116 valence electrons. The monoisotopic (exact) mass is 294 g/mol. The number of nitrogens with zero attached hydrogens (tertiary/aromatic N) is 2. The van der Waals surface area contributed by atoms with E-state index in [9.17, 15) is 18.4 Å². The molecule has 2 N–H and O–H groups in total. The van der Waals surface area contributed by atoms with Crippen molar-refractivity contribution in [3.63, 3.8) is 0 Å². The van der Waals surface area contributed by atoms with E-state index >= 15 is 0 Å². The van der Waals surface area contributed by atoms with Crippen LogP contribution >= 0.6 is 0 Å². The molecule has 0 radical (unpaired) electrons. The third kappa shape index (κ3) is 4.29. The van der Waals surface area contributed by atoms with Crippen molar-refractivity contribution < 1.29 is 28.6 Å². The van der Waals surface area contributed by atoms with Gasteiger partial charge in [-0.05, 0) is 18.8 Å². The van der Waals surface area contributed by atoms with Crippen LogP contribution in [-0.2, 0) is 4.79 Å². The second-order valence-corrected chi connectivity index (χ2v) is 5.02. The standard InChI is InChI=1S/C12H20F2N2O4/c1-8-2-3-16(9(6-8)11(18)19)12(20)15(4-5-17)7-10(13)14/h8-10,17H,2-7H2,1H3,(H,18,19). The number of hydrogen-bond acceptors (Lipinski definition) is 3. The van der Waals surface area contributed by atoms with E-state index in [0.717, 1.165) is 9.80 Å². The van der Waals surface area contributed by atoms with Crippen molar-refractivity contribution in [2.45, 2.75) is 32.2 Å². The van der Waals surface area contributed by atoms with Crippen LogP contribution in [0.3, 0.4) is 0 Å². The first kappa shape index (κ1) is 16.6. The Bertz CT molecular complexity index is 354. The van der Waals surface area contributed by atoms with Crippen molar-refractivity contribution >= 4 is 12.0 Å². The summed E-state index contributed by atoms with van der Waals surface area (Å²) in [5.41, 5.74) is 0. The van der Waals surface area contributed by atoms with Crippen molar-refractivity contribution in [3.05, 3.63) is 0 Å². The maximum atomic E-state index is 12.4. The molecule has 1 rings (SSSR count). The zero-order valence-electron chi connectivity index (χ0n) is 11.3. The van der Waals surface area contributed by atoms with E-state index in [1.807, 2.05) is 6.92 Å². The number of urea groups is 1. The lowest BCUT2D eigenvalue weighted by Gasteiger charge is -2.38. The summed E-state index contributed by atoms with van der Waals surface area (Å²) in [6, 6.07) is -1.75. The number of carboxylic acid groups (broad SMARTS) is 1. The molecule has 1 fully saturated rings. The third-order valence-corrected chi connectivity index (χ3v) is 3.39. The number of carboxylic acids is 1. The molecule has 20 heavy (non-hydrogen) atoms. The predicted molar refractivity (Wildman–Crippen MR) is 66.6 cm³/mol. The number of aliphatic hydroxyl groups excluding tert-OH is 1. The molecule has 1 aliphatic heterocycles. The normalized spacial score (nSPS) is 22.9. The highest BCUT2D eigenvalue weighted by molar-refractivity contribution is 5.83. The van der Waals surface area contributed by atoms with Crippen LogP contribution in [0.25, 0.3) is 0 Å². The van der Waals surface area contributed by atoms with Crippen molar-refractivity contribution in [3.8, 4) is 0 Å². The molecule has 2 atom stereocenters. The zero-order chi connectivity index (χ0) is 15.3. The largest absolute Gasteiger partial charge is 0.480 e. The minimum atomic E-state index is -2.72. The molecule has 0 aromatic carbocycles. The minimum absolute atomic E-state index is 0.168. The number of carbonyl (C=O) groups is 2. The maximum absolute atomic E-state index is 12.4.